The predicted octanol–water partition coefficient (Wildman–Crippen LogP) is 2.09. The summed E-state index contributed by atoms with van der Waals surface area (Å²) in [6.45, 7) is 4.56. The van der Waals surface area contributed by atoms with Crippen LogP contribution < -0.4 is 5.32 Å². The van der Waals surface area contributed by atoms with Crippen LogP contribution in [0.4, 0.5) is 0 Å². The summed E-state index contributed by atoms with van der Waals surface area (Å²) in [5, 5.41) is 3.30. The van der Waals surface area contributed by atoms with E-state index in [1.165, 1.54) is 0 Å². The second kappa shape index (κ2) is 7.71. The highest BCUT2D eigenvalue weighted by atomic mass is 16.5. The maximum Gasteiger partial charge on any atom is 0.109 e. The molecular formula is C12H23NO2. The third-order valence-corrected chi connectivity index (χ3v) is 2.64. The minimum Gasteiger partial charge on any atom is -0.497 e. The van der Waals surface area contributed by atoms with Gasteiger partial charge in [0.1, 0.15) is 5.76 Å². The van der Waals surface area contributed by atoms with Gasteiger partial charge in [-0.25, -0.2) is 0 Å². The number of likely N-dealkylation sites (N-methyl/N-ethyl adjacent to an activating group) is 1. The number of nitrogens with one attached hydrogen (secondary N) is 1. The SMILES string of the molecule is CCOCCCC(NC)C1=CCCCO1. The Bertz CT molecular complexity index is 192. The summed E-state index contributed by atoms with van der Waals surface area (Å²) in [4.78, 5) is 0. The van der Waals surface area contributed by atoms with Crippen molar-refractivity contribution >= 4 is 0 Å². The van der Waals surface area contributed by atoms with Gasteiger partial charge in [-0.15, -0.1) is 0 Å². The molecule has 0 aromatic heterocycles. The fraction of sp³-hybridized carbons (Fsp3) is 0.833. The van der Waals surface area contributed by atoms with Crippen molar-refractivity contribution in [3.63, 3.8) is 0 Å². The van der Waals surface area contributed by atoms with Gasteiger partial charge in [0, 0.05) is 13.2 Å². The smallest absolute Gasteiger partial charge is 0.109 e. The second-order valence-electron chi connectivity index (χ2n) is 3.78. The van der Waals surface area contributed by atoms with Crippen molar-refractivity contribution in [2.45, 2.75) is 38.6 Å². The monoisotopic (exact) mass is 213 g/mol. The summed E-state index contributed by atoms with van der Waals surface area (Å²) in [7, 11) is 1.99. The van der Waals surface area contributed by atoms with Gasteiger partial charge in [-0.2, -0.15) is 0 Å². The van der Waals surface area contributed by atoms with Crippen molar-refractivity contribution in [2.24, 2.45) is 0 Å². The topological polar surface area (TPSA) is 30.5 Å². The van der Waals surface area contributed by atoms with Gasteiger partial charge < -0.3 is 14.8 Å². The molecule has 0 aliphatic carbocycles. The third kappa shape index (κ3) is 4.67. The van der Waals surface area contributed by atoms with E-state index < -0.39 is 0 Å². The number of allylic oxidation sites excluding steroid dienone is 1. The van der Waals surface area contributed by atoms with E-state index in [9.17, 15) is 0 Å². The first-order valence-electron chi connectivity index (χ1n) is 5.96. The molecule has 0 aromatic rings. The van der Waals surface area contributed by atoms with Crippen LogP contribution in [-0.4, -0.2) is 32.9 Å². The van der Waals surface area contributed by atoms with Crippen molar-refractivity contribution in [3.05, 3.63) is 11.8 Å². The van der Waals surface area contributed by atoms with Gasteiger partial charge in [0.15, 0.2) is 0 Å². The Kier molecular flexibility index (Phi) is 6.44. The Labute approximate surface area is 92.8 Å². The minimum absolute atomic E-state index is 0.366. The normalized spacial score (nSPS) is 18.1. The van der Waals surface area contributed by atoms with Crippen LogP contribution in [-0.2, 0) is 9.47 Å². The lowest BCUT2D eigenvalue weighted by atomic mass is 10.1. The van der Waals surface area contributed by atoms with Crippen LogP contribution in [0.1, 0.15) is 32.6 Å². The molecule has 0 bridgehead atoms. The Morgan fingerprint density at radius 2 is 2.47 bits per heavy atom. The summed E-state index contributed by atoms with van der Waals surface area (Å²) < 4.78 is 11.0. The zero-order valence-electron chi connectivity index (χ0n) is 9.92. The van der Waals surface area contributed by atoms with Gasteiger partial charge in [-0.05, 0) is 45.7 Å². The van der Waals surface area contributed by atoms with Gasteiger partial charge in [0.05, 0.1) is 12.6 Å². The Hall–Kier alpha value is -0.540. The zero-order valence-corrected chi connectivity index (χ0v) is 9.92. The van der Waals surface area contributed by atoms with Crippen LogP contribution >= 0.6 is 0 Å². The van der Waals surface area contributed by atoms with Gasteiger partial charge in [0.25, 0.3) is 0 Å². The van der Waals surface area contributed by atoms with Crippen LogP contribution in [0.3, 0.4) is 0 Å². The average molecular weight is 213 g/mol. The molecule has 0 radical (unpaired) electrons. The predicted molar refractivity (Wildman–Crippen MR) is 61.8 cm³/mol. The van der Waals surface area contributed by atoms with Crippen molar-refractivity contribution < 1.29 is 9.47 Å². The molecule has 1 aliphatic rings. The lowest BCUT2D eigenvalue weighted by Gasteiger charge is -2.23. The first-order chi connectivity index (χ1) is 7.38. The highest BCUT2D eigenvalue weighted by molar-refractivity contribution is 5.04. The molecule has 3 nitrogen and oxygen atoms in total. The minimum atomic E-state index is 0.366. The van der Waals surface area contributed by atoms with Gasteiger partial charge in [0.2, 0.25) is 0 Å². The number of rotatable bonds is 7. The van der Waals surface area contributed by atoms with Crippen molar-refractivity contribution in [2.75, 3.05) is 26.9 Å². The van der Waals surface area contributed by atoms with Crippen molar-refractivity contribution in [1.29, 1.82) is 0 Å². The van der Waals surface area contributed by atoms with Gasteiger partial charge in [-0.1, -0.05) is 0 Å². The van der Waals surface area contributed by atoms with Crippen LogP contribution in [0.2, 0.25) is 0 Å². The number of hydrogen-bond acceptors (Lipinski definition) is 3. The van der Waals surface area contributed by atoms with E-state index >= 15 is 0 Å². The van der Waals surface area contributed by atoms with E-state index in [1.54, 1.807) is 0 Å². The largest absolute Gasteiger partial charge is 0.497 e. The molecule has 15 heavy (non-hydrogen) atoms. The molecule has 0 saturated heterocycles. The average Bonchev–Trinajstić information content (AvgIpc) is 2.30. The standard InChI is InChI=1S/C12H23NO2/c1-3-14-9-6-7-11(13-2)12-8-4-5-10-15-12/h8,11,13H,3-7,9-10H2,1-2H3. The van der Waals surface area contributed by atoms with E-state index in [0.717, 1.165) is 51.3 Å². The fourth-order valence-electron chi connectivity index (χ4n) is 1.78. The third-order valence-electron chi connectivity index (χ3n) is 2.64. The Morgan fingerprint density at radius 3 is 3.07 bits per heavy atom. The van der Waals surface area contributed by atoms with E-state index in [0.29, 0.717) is 6.04 Å². The van der Waals surface area contributed by atoms with E-state index in [2.05, 4.69) is 11.4 Å². The molecule has 0 fully saturated rings. The van der Waals surface area contributed by atoms with Crippen LogP contribution in [0.25, 0.3) is 0 Å². The molecule has 0 amide bonds. The van der Waals surface area contributed by atoms with E-state index in [-0.39, 0.29) is 0 Å². The van der Waals surface area contributed by atoms with Crippen molar-refractivity contribution in [1.82, 2.24) is 5.32 Å². The molecule has 0 aromatic carbocycles. The maximum absolute atomic E-state index is 5.65. The highest BCUT2D eigenvalue weighted by Crippen LogP contribution is 2.16. The molecular weight excluding hydrogens is 190 g/mol. The number of ether oxygens (including phenoxy) is 2. The lowest BCUT2D eigenvalue weighted by Crippen LogP contribution is -2.30. The molecule has 1 N–H and O–H groups in total. The summed E-state index contributed by atoms with van der Waals surface area (Å²) in [6.07, 6.45) is 6.69. The van der Waals surface area contributed by atoms with Crippen LogP contribution in [0.5, 0.6) is 0 Å². The van der Waals surface area contributed by atoms with Crippen LogP contribution in [0.15, 0.2) is 11.8 Å². The van der Waals surface area contributed by atoms with E-state index in [4.69, 9.17) is 9.47 Å². The summed E-state index contributed by atoms with van der Waals surface area (Å²) in [6, 6.07) is 0.366. The quantitative estimate of drug-likeness (QED) is 0.657. The molecule has 1 aliphatic heterocycles. The molecule has 0 saturated carbocycles. The maximum atomic E-state index is 5.65. The molecule has 1 heterocycles. The van der Waals surface area contributed by atoms with Crippen molar-refractivity contribution in [3.8, 4) is 0 Å². The molecule has 88 valence electrons. The summed E-state index contributed by atoms with van der Waals surface area (Å²) in [5.41, 5.74) is 0. The van der Waals surface area contributed by atoms with E-state index in [1.807, 2.05) is 14.0 Å². The molecule has 3 heteroatoms. The lowest BCUT2D eigenvalue weighted by molar-refractivity contribution is 0.133. The molecule has 0 spiro atoms. The zero-order chi connectivity index (χ0) is 10.9. The Morgan fingerprint density at radius 1 is 1.60 bits per heavy atom. The number of hydrogen-bond donors (Lipinski definition) is 1. The fourth-order valence-corrected chi connectivity index (χ4v) is 1.78. The molecule has 1 unspecified atom stereocenters. The van der Waals surface area contributed by atoms with Gasteiger partial charge >= 0.3 is 0 Å². The molecule has 1 atom stereocenters. The first kappa shape index (κ1) is 12.5. The summed E-state index contributed by atoms with van der Waals surface area (Å²) in [5.74, 6) is 1.13. The summed E-state index contributed by atoms with van der Waals surface area (Å²) >= 11 is 0. The Balaban J connectivity index is 2.25. The first-order valence-corrected chi connectivity index (χ1v) is 5.96. The van der Waals surface area contributed by atoms with Gasteiger partial charge in [-0.3, -0.25) is 0 Å². The van der Waals surface area contributed by atoms with Crippen LogP contribution in [0, 0.1) is 0 Å². The molecule has 1 rings (SSSR count). The second-order valence-corrected chi connectivity index (χ2v) is 3.78. The highest BCUT2D eigenvalue weighted by Gasteiger charge is 2.15.